The first kappa shape index (κ1) is 21.9. The lowest BCUT2D eigenvalue weighted by Crippen LogP contribution is -2.32. The first-order valence-electron chi connectivity index (χ1n) is 11.1. The summed E-state index contributed by atoms with van der Waals surface area (Å²) < 4.78 is 0. The van der Waals surface area contributed by atoms with Gasteiger partial charge in [-0.25, -0.2) is 4.90 Å². The molecule has 0 spiro atoms. The van der Waals surface area contributed by atoms with Gasteiger partial charge < -0.3 is 5.32 Å². The zero-order chi connectivity index (χ0) is 24.0. The van der Waals surface area contributed by atoms with Crippen molar-refractivity contribution < 1.29 is 9.59 Å². The van der Waals surface area contributed by atoms with Gasteiger partial charge in [0.15, 0.2) is 0 Å². The number of nitrogens with zero attached hydrogens (tertiary/aromatic N) is 1. The van der Waals surface area contributed by atoms with Gasteiger partial charge in [-0.3, -0.25) is 9.59 Å². The van der Waals surface area contributed by atoms with E-state index in [9.17, 15) is 9.59 Å². The molecule has 1 heterocycles. The topological polar surface area (TPSA) is 49.4 Å². The number of rotatable bonds is 4. The van der Waals surface area contributed by atoms with Crippen LogP contribution in [0.1, 0.15) is 22.3 Å². The van der Waals surface area contributed by atoms with Gasteiger partial charge in [-0.2, -0.15) is 0 Å². The number of amides is 2. The van der Waals surface area contributed by atoms with E-state index in [1.807, 2.05) is 93.6 Å². The summed E-state index contributed by atoms with van der Waals surface area (Å²) in [6.07, 6.45) is 0. The van der Waals surface area contributed by atoms with Crippen molar-refractivity contribution in [1.29, 1.82) is 0 Å². The molecule has 2 amide bonds. The first-order chi connectivity index (χ1) is 16.4. The number of carbonyl (C=O) groups is 2. The molecule has 168 valence electrons. The highest BCUT2D eigenvalue weighted by molar-refractivity contribution is 6.47. The average Bonchev–Trinajstić information content (AvgIpc) is 3.06. The predicted molar refractivity (Wildman–Crippen MR) is 139 cm³/mol. The molecule has 4 nitrogen and oxygen atoms in total. The highest BCUT2D eigenvalue weighted by atomic mass is 35.5. The van der Waals surface area contributed by atoms with E-state index in [-0.39, 0.29) is 11.6 Å². The number of halogens is 1. The first-order valence-corrected chi connectivity index (χ1v) is 11.4. The molecule has 0 radical (unpaired) electrons. The number of hydrogen-bond donors (Lipinski definition) is 1. The molecule has 1 N–H and O–H groups in total. The molecule has 0 atom stereocenters. The third-order valence-electron chi connectivity index (χ3n) is 6.27. The van der Waals surface area contributed by atoms with Gasteiger partial charge in [0.2, 0.25) is 0 Å². The second-order valence-corrected chi connectivity index (χ2v) is 8.96. The van der Waals surface area contributed by atoms with Gasteiger partial charge in [0.05, 0.1) is 11.3 Å². The fraction of sp³-hybridized carbons (Fsp3) is 0.103. The molecule has 0 aliphatic carbocycles. The molecule has 0 saturated carbocycles. The van der Waals surface area contributed by atoms with Gasteiger partial charge in [-0.05, 0) is 61.0 Å². The van der Waals surface area contributed by atoms with Gasteiger partial charge in [-0.15, -0.1) is 0 Å². The van der Waals surface area contributed by atoms with Crippen molar-refractivity contribution in [2.24, 2.45) is 0 Å². The smallest absolute Gasteiger partial charge is 0.282 e. The summed E-state index contributed by atoms with van der Waals surface area (Å²) in [6.45, 7) is 5.84. The van der Waals surface area contributed by atoms with Gasteiger partial charge >= 0.3 is 0 Å². The van der Waals surface area contributed by atoms with Crippen molar-refractivity contribution >= 4 is 51.1 Å². The summed E-state index contributed by atoms with van der Waals surface area (Å²) in [5, 5.41) is 5.63. The lowest BCUT2D eigenvalue weighted by Gasteiger charge is -2.18. The molecule has 0 unspecified atom stereocenters. The quantitative estimate of drug-likeness (QED) is 0.336. The van der Waals surface area contributed by atoms with Crippen molar-refractivity contribution in [3.63, 3.8) is 0 Å². The van der Waals surface area contributed by atoms with E-state index in [0.717, 1.165) is 33.0 Å². The van der Waals surface area contributed by atoms with Crippen molar-refractivity contribution in [2.75, 3.05) is 10.2 Å². The molecule has 4 aromatic rings. The van der Waals surface area contributed by atoms with Crippen molar-refractivity contribution in [1.82, 2.24) is 0 Å². The Morgan fingerprint density at radius 1 is 0.794 bits per heavy atom. The maximum Gasteiger partial charge on any atom is 0.282 e. The van der Waals surface area contributed by atoms with Gasteiger partial charge in [0.25, 0.3) is 11.8 Å². The van der Waals surface area contributed by atoms with E-state index in [0.29, 0.717) is 22.0 Å². The maximum absolute atomic E-state index is 13.9. The Balaban J connectivity index is 1.71. The monoisotopic (exact) mass is 466 g/mol. The molecule has 5 heteroatoms. The third-order valence-corrected chi connectivity index (χ3v) is 6.68. The highest BCUT2D eigenvalue weighted by Gasteiger charge is 2.41. The predicted octanol–water partition coefficient (Wildman–Crippen LogP) is 6.82. The molecule has 4 aromatic carbocycles. The van der Waals surface area contributed by atoms with Crippen LogP contribution in [-0.2, 0) is 9.59 Å². The fourth-order valence-electron chi connectivity index (χ4n) is 4.49. The number of nitrogens with one attached hydrogen (secondary N) is 1. The Bertz CT molecular complexity index is 1510. The van der Waals surface area contributed by atoms with E-state index in [1.54, 1.807) is 6.07 Å². The highest BCUT2D eigenvalue weighted by Crippen LogP contribution is 2.38. The fourth-order valence-corrected chi connectivity index (χ4v) is 4.66. The standard InChI is InChI=1S/C29H23ClN2O2/c1-17-14-15-21(18(2)16-17)26-27(31-24-12-7-11-23(30)19(24)3)29(34)32(28(26)33)25-13-6-9-20-8-4-5-10-22(20)25/h4-16,31H,1-3H3. The Labute approximate surface area is 203 Å². The second-order valence-electron chi connectivity index (χ2n) is 8.55. The number of anilines is 2. The Morgan fingerprint density at radius 2 is 1.53 bits per heavy atom. The molecule has 0 saturated heterocycles. The average molecular weight is 467 g/mol. The van der Waals surface area contributed by atoms with Crippen LogP contribution in [0.5, 0.6) is 0 Å². The lowest BCUT2D eigenvalue weighted by molar-refractivity contribution is -0.120. The zero-order valence-corrected chi connectivity index (χ0v) is 19.9. The van der Waals surface area contributed by atoms with Crippen molar-refractivity contribution in [2.45, 2.75) is 20.8 Å². The van der Waals surface area contributed by atoms with E-state index in [4.69, 9.17) is 11.6 Å². The minimum absolute atomic E-state index is 0.246. The van der Waals surface area contributed by atoms with Crippen LogP contribution in [0.25, 0.3) is 16.3 Å². The number of aryl methyl sites for hydroxylation is 2. The van der Waals surface area contributed by atoms with Crippen molar-refractivity contribution in [3.05, 3.63) is 112 Å². The molecule has 34 heavy (non-hydrogen) atoms. The van der Waals surface area contributed by atoms with Crippen LogP contribution in [0.2, 0.25) is 5.02 Å². The normalized spacial score (nSPS) is 13.8. The Morgan fingerprint density at radius 3 is 2.32 bits per heavy atom. The summed E-state index contributed by atoms with van der Waals surface area (Å²) in [4.78, 5) is 29.1. The summed E-state index contributed by atoms with van der Waals surface area (Å²) in [7, 11) is 0. The van der Waals surface area contributed by atoms with Crippen LogP contribution >= 0.6 is 11.6 Å². The van der Waals surface area contributed by atoms with Crippen LogP contribution in [0, 0.1) is 20.8 Å². The lowest BCUT2D eigenvalue weighted by atomic mass is 9.97. The van der Waals surface area contributed by atoms with E-state index in [2.05, 4.69) is 5.32 Å². The SMILES string of the molecule is Cc1ccc(C2=C(Nc3cccc(Cl)c3C)C(=O)N(c3cccc4ccccc34)C2=O)c(C)c1. The van der Waals surface area contributed by atoms with Crippen LogP contribution in [0.4, 0.5) is 11.4 Å². The van der Waals surface area contributed by atoms with E-state index >= 15 is 0 Å². The van der Waals surface area contributed by atoms with Crippen LogP contribution < -0.4 is 10.2 Å². The minimum atomic E-state index is -0.393. The number of hydrogen-bond acceptors (Lipinski definition) is 3. The second kappa shape index (κ2) is 8.47. The molecule has 0 fully saturated rings. The summed E-state index contributed by atoms with van der Waals surface area (Å²) in [6, 6.07) is 24.7. The largest absolute Gasteiger partial charge is 0.350 e. The molecule has 1 aliphatic heterocycles. The van der Waals surface area contributed by atoms with Crippen LogP contribution in [0.15, 0.2) is 84.6 Å². The minimum Gasteiger partial charge on any atom is -0.350 e. The molecular formula is C29H23ClN2O2. The number of imide groups is 1. The number of benzene rings is 4. The van der Waals surface area contributed by atoms with E-state index in [1.165, 1.54) is 4.90 Å². The molecule has 0 bridgehead atoms. The summed E-state index contributed by atoms with van der Waals surface area (Å²) in [5.41, 5.74) is 5.41. The van der Waals surface area contributed by atoms with E-state index < -0.39 is 5.91 Å². The summed E-state index contributed by atoms with van der Waals surface area (Å²) >= 11 is 6.33. The summed E-state index contributed by atoms with van der Waals surface area (Å²) in [5.74, 6) is -0.744. The van der Waals surface area contributed by atoms with Gasteiger partial charge in [-0.1, -0.05) is 77.8 Å². The molecular weight excluding hydrogens is 444 g/mol. The molecule has 1 aliphatic rings. The van der Waals surface area contributed by atoms with Gasteiger partial charge in [0, 0.05) is 16.1 Å². The maximum atomic E-state index is 13.9. The molecule has 5 rings (SSSR count). The molecule has 0 aromatic heterocycles. The third kappa shape index (κ3) is 3.57. The number of fused-ring (bicyclic) bond motifs is 1. The Hall–Kier alpha value is -3.89. The zero-order valence-electron chi connectivity index (χ0n) is 19.1. The van der Waals surface area contributed by atoms with Crippen LogP contribution in [0.3, 0.4) is 0 Å². The number of carbonyl (C=O) groups excluding carboxylic acids is 2. The Kier molecular flexibility index (Phi) is 5.46. The van der Waals surface area contributed by atoms with Gasteiger partial charge in [0.1, 0.15) is 5.70 Å². The van der Waals surface area contributed by atoms with Crippen LogP contribution in [-0.4, -0.2) is 11.8 Å². The van der Waals surface area contributed by atoms with Crippen molar-refractivity contribution in [3.8, 4) is 0 Å².